The van der Waals surface area contributed by atoms with E-state index in [4.69, 9.17) is 25.3 Å². The van der Waals surface area contributed by atoms with E-state index in [1.54, 1.807) is 0 Å². The Morgan fingerprint density at radius 1 is 1.05 bits per heavy atom. The second-order valence-electron chi connectivity index (χ2n) is 4.41. The van der Waals surface area contributed by atoms with Crippen LogP contribution < -0.4 is 0 Å². The van der Waals surface area contributed by atoms with Crippen molar-refractivity contribution in [3.8, 4) is 0 Å². The van der Waals surface area contributed by atoms with Crippen LogP contribution in [0.2, 0.25) is 0 Å². The first-order valence-electron chi connectivity index (χ1n) is 6.46. The third kappa shape index (κ3) is 5.17. The van der Waals surface area contributed by atoms with Crippen molar-refractivity contribution in [3.63, 3.8) is 0 Å². The second kappa shape index (κ2) is 9.98. The molecule has 0 bridgehead atoms. The second-order valence-corrected chi connectivity index (χ2v) is 4.41. The molecule has 0 aliphatic heterocycles. The zero-order valence-corrected chi connectivity index (χ0v) is 12.0. The van der Waals surface area contributed by atoms with Crippen LogP contribution in [-0.4, -0.2) is 67.7 Å². The van der Waals surface area contributed by atoms with Crippen LogP contribution in [-0.2, 0) is 14.2 Å². The minimum atomic E-state index is -1.31. The van der Waals surface area contributed by atoms with Crippen LogP contribution in [0.25, 0.3) is 20.9 Å². The summed E-state index contributed by atoms with van der Waals surface area (Å²) in [7, 11) is 1.52. The summed E-state index contributed by atoms with van der Waals surface area (Å²) in [5, 5.41) is 27.2. The van der Waals surface area contributed by atoms with Gasteiger partial charge in [-0.3, -0.25) is 0 Å². The fraction of sp³-hybridized carbons (Fsp3) is 0.818. The van der Waals surface area contributed by atoms with Gasteiger partial charge in [-0.15, -0.1) is 0 Å². The lowest BCUT2D eigenvalue weighted by atomic mass is 10.0. The van der Waals surface area contributed by atoms with E-state index in [0.29, 0.717) is 6.61 Å². The molecule has 2 N–H and O–H groups in total. The Kier molecular flexibility index (Phi) is 8.26. The number of methoxy groups -OCH3 is 1. The average molecular weight is 314 g/mol. The zero-order chi connectivity index (χ0) is 16.4. The minimum absolute atomic E-state index is 0.214. The number of azide groups is 2. The lowest BCUT2D eigenvalue weighted by molar-refractivity contribution is -0.163. The molecule has 22 heavy (non-hydrogen) atoms. The van der Waals surface area contributed by atoms with Crippen LogP contribution in [0.1, 0.15) is 0 Å². The van der Waals surface area contributed by atoms with Gasteiger partial charge in [-0.05, 0) is 11.1 Å². The highest BCUT2D eigenvalue weighted by atomic mass is 16.7. The first kappa shape index (κ1) is 18.2. The molecule has 1 aliphatic carbocycles. The lowest BCUT2D eigenvalue weighted by Gasteiger charge is -2.29. The molecule has 0 saturated heterocycles. The summed E-state index contributed by atoms with van der Waals surface area (Å²) in [4.78, 5) is 5.26. The highest BCUT2D eigenvalue weighted by molar-refractivity contribution is 5.12. The Morgan fingerprint density at radius 2 is 1.59 bits per heavy atom. The van der Waals surface area contributed by atoms with Gasteiger partial charge in [-0.25, -0.2) is 0 Å². The van der Waals surface area contributed by atoms with Gasteiger partial charge in [0.1, 0.15) is 12.9 Å². The monoisotopic (exact) mass is 314 g/mol. The van der Waals surface area contributed by atoms with E-state index in [1.807, 2.05) is 0 Å². The van der Waals surface area contributed by atoms with Crippen LogP contribution >= 0.6 is 0 Å². The smallest absolute Gasteiger partial charge is 0.147 e. The van der Waals surface area contributed by atoms with Crippen LogP contribution in [0, 0.1) is 0 Å². The molecule has 1 unspecified atom stereocenters. The first-order chi connectivity index (χ1) is 10.7. The topological polar surface area (TPSA) is 166 Å². The van der Waals surface area contributed by atoms with E-state index in [9.17, 15) is 10.2 Å². The summed E-state index contributed by atoms with van der Waals surface area (Å²) in [6, 6.07) is -1.91. The predicted molar refractivity (Wildman–Crippen MR) is 74.6 cm³/mol. The molecule has 0 aromatic heterocycles. The van der Waals surface area contributed by atoms with Crippen molar-refractivity contribution in [2.24, 2.45) is 10.2 Å². The summed E-state index contributed by atoms with van der Waals surface area (Å²) < 4.78 is 15.2. The van der Waals surface area contributed by atoms with E-state index in [-0.39, 0.29) is 13.4 Å². The number of hydrogen-bond donors (Lipinski definition) is 2. The highest BCUT2D eigenvalue weighted by Gasteiger charge is 2.38. The Bertz CT molecular complexity index is 428. The largest absolute Gasteiger partial charge is 0.390 e. The molecule has 0 aromatic rings. The van der Waals surface area contributed by atoms with E-state index in [1.165, 1.54) is 19.3 Å². The molecule has 0 radical (unpaired) electrons. The molecule has 5 atom stereocenters. The van der Waals surface area contributed by atoms with Gasteiger partial charge < -0.3 is 24.4 Å². The number of hydrogen-bond acceptors (Lipinski definition) is 7. The van der Waals surface area contributed by atoms with Gasteiger partial charge in [-0.1, -0.05) is 22.4 Å². The highest BCUT2D eigenvalue weighted by Crippen LogP contribution is 2.22. The fourth-order valence-electron chi connectivity index (χ4n) is 1.90. The first-order valence-corrected chi connectivity index (χ1v) is 6.46. The van der Waals surface area contributed by atoms with E-state index in [0.717, 1.165) is 0 Å². The molecular formula is C11H18N6O5. The maximum absolute atomic E-state index is 10.2. The maximum Gasteiger partial charge on any atom is 0.147 e. The molecule has 0 spiro atoms. The van der Waals surface area contributed by atoms with Crippen molar-refractivity contribution in [1.82, 2.24) is 0 Å². The molecule has 1 rings (SSSR count). The van der Waals surface area contributed by atoms with Crippen molar-refractivity contribution in [1.29, 1.82) is 0 Å². The molecule has 11 heteroatoms. The van der Waals surface area contributed by atoms with Gasteiger partial charge >= 0.3 is 0 Å². The van der Waals surface area contributed by atoms with E-state index < -0.39 is 30.4 Å². The van der Waals surface area contributed by atoms with E-state index >= 15 is 0 Å². The predicted octanol–water partition coefficient (Wildman–Crippen LogP) is 0.641. The lowest BCUT2D eigenvalue weighted by Crippen LogP contribution is -2.47. The van der Waals surface area contributed by atoms with Gasteiger partial charge in [0.2, 0.25) is 0 Å². The summed E-state index contributed by atoms with van der Waals surface area (Å²) in [6.45, 7) is 0.421. The van der Waals surface area contributed by atoms with Gasteiger partial charge in [-0.2, -0.15) is 0 Å². The third-order valence-electron chi connectivity index (χ3n) is 3.02. The van der Waals surface area contributed by atoms with Crippen LogP contribution in [0.15, 0.2) is 22.4 Å². The SMILES string of the molecule is COCCOCOC1[C@@H](O)[C@H](N=[N+]=[N-])C=C[C@H](N=[N+]=[N-])[C@H]1O. The Labute approximate surface area is 126 Å². The van der Waals surface area contributed by atoms with Crippen molar-refractivity contribution >= 4 is 0 Å². The van der Waals surface area contributed by atoms with Crippen LogP contribution in [0.5, 0.6) is 0 Å². The normalized spacial score (nSPS) is 31.0. The van der Waals surface area contributed by atoms with Crippen LogP contribution in [0.4, 0.5) is 0 Å². The molecule has 0 aromatic carbocycles. The van der Waals surface area contributed by atoms with Gasteiger partial charge in [0.15, 0.2) is 0 Å². The molecular weight excluding hydrogens is 296 g/mol. The molecule has 122 valence electrons. The third-order valence-corrected chi connectivity index (χ3v) is 3.02. The molecule has 0 amide bonds. The van der Waals surface area contributed by atoms with Gasteiger partial charge in [0.25, 0.3) is 0 Å². The molecule has 0 fully saturated rings. The zero-order valence-electron chi connectivity index (χ0n) is 12.0. The van der Waals surface area contributed by atoms with Crippen LogP contribution in [0.3, 0.4) is 0 Å². The van der Waals surface area contributed by atoms with E-state index in [2.05, 4.69) is 20.1 Å². The molecule has 1 aliphatic rings. The number of aliphatic hydroxyl groups excluding tert-OH is 2. The standard InChI is InChI=1S/C11H18N6O5/c1-20-4-5-21-6-22-11-9(18)7(14-16-12)2-3-8(10(11)19)15-17-13/h2-3,7-11,18-19H,4-6H2,1H3/t7-,8+,9+,10-,11?. The average Bonchev–Trinajstić information content (AvgIpc) is 2.61. The summed E-state index contributed by atoms with van der Waals surface area (Å²) in [6.07, 6.45) is -1.05. The van der Waals surface area contributed by atoms with Gasteiger partial charge in [0.05, 0.1) is 37.5 Å². The van der Waals surface area contributed by atoms with Crippen molar-refractivity contribution in [2.75, 3.05) is 27.1 Å². The van der Waals surface area contributed by atoms with Crippen molar-refractivity contribution < 1.29 is 24.4 Å². The Balaban J connectivity index is 2.79. The summed E-state index contributed by atoms with van der Waals surface area (Å²) >= 11 is 0. The number of rotatable bonds is 8. The maximum atomic E-state index is 10.2. The fourth-order valence-corrected chi connectivity index (χ4v) is 1.90. The number of nitrogens with zero attached hydrogens (tertiary/aromatic N) is 6. The molecule has 0 heterocycles. The van der Waals surface area contributed by atoms with Crippen molar-refractivity contribution in [3.05, 3.63) is 33.0 Å². The quantitative estimate of drug-likeness (QED) is 0.167. The Morgan fingerprint density at radius 3 is 2.05 bits per heavy atom. The molecule has 0 saturated carbocycles. The molecule has 11 nitrogen and oxygen atoms in total. The summed E-state index contributed by atoms with van der Waals surface area (Å²) in [5.74, 6) is 0. The number of ether oxygens (including phenoxy) is 3. The van der Waals surface area contributed by atoms with Gasteiger partial charge in [0, 0.05) is 16.9 Å². The van der Waals surface area contributed by atoms with Crippen molar-refractivity contribution in [2.45, 2.75) is 30.4 Å². The Hall–Kier alpha value is -1.84. The minimum Gasteiger partial charge on any atom is -0.390 e. The number of aliphatic hydroxyl groups is 2. The summed E-state index contributed by atoms with van der Waals surface area (Å²) in [5.41, 5.74) is 17.0.